The summed E-state index contributed by atoms with van der Waals surface area (Å²) >= 11 is 5.28. The van der Waals surface area contributed by atoms with E-state index in [1.807, 2.05) is 29.2 Å². The second kappa shape index (κ2) is 8.68. The minimum atomic E-state index is -0.300. The van der Waals surface area contributed by atoms with Gasteiger partial charge in [0, 0.05) is 39.1 Å². The number of hydrogen-bond acceptors (Lipinski definition) is 4. The number of unbranched alkanes of at least 4 members (excludes halogenated alkanes) is 2. The Hall–Kier alpha value is -1.86. The van der Waals surface area contributed by atoms with Gasteiger partial charge in [-0.15, -0.1) is 0 Å². The zero-order chi connectivity index (χ0) is 18.5. The first kappa shape index (κ1) is 18.9. The fourth-order valence-corrected chi connectivity index (χ4v) is 3.71. The Morgan fingerprint density at radius 3 is 2.73 bits per heavy atom. The maximum absolute atomic E-state index is 12.6. The van der Waals surface area contributed by atoms with Crippen LogP contribution in [0.25, 0.3) is 0 Å². The van der Waals surface area contributed by atoms with Crippen molar-refractivity contribution in [3.8, 4) is 0 Å². The highest BCUT2D eigenvalue weighted by Gasteiger charge is 2.33. The number of nitrogens with zero attached hydrogens (tertiary/aromatic N) is 4. The number of allylic oxidation sites excluding steroid dienone is 3. The first-order valence-electron chi connectivity index (χ1n) is 9.31. The molecule has 1 fully saturated rings. The third kappa shape index (κ3) is 4.45. The summed E-state index contributed by atoms with van der Waals surface area (Å²) in [7, 11) is 2.08. The number of amides is 2. The number of carbonyl (C=O) groups is 2. The molecule has 0 spiro atoms. The van der Waals surface area contributed by atoms with Crippen molar-refractivity contribution in [3.05, 3.63) is 24.3 Å². The van der Waals surface area contributed by atoms with Gasteiger partial charge in [-0.2, -0.15) is 0 Å². The van der Waals surface area contributed by atoms with Gasteiger partial charge in [0.2, 0.25) is 16.9 Å². The Kier molecular flexibility index (Phi) is 6.32. The number of fused-ring (bicyclic) bond motifs is 1. The monoisotopic (exact) mass is 374 g/mol. The van der Waals surface area contributed by atoms with E-state index >= 15 is 0 Å². The number of piperazine rings is 1. The van der Waals surface area contributed by atoms with Gasteiger partial charge in [0.25, 0.3) is 0 Å². The van der Waals surface area contributed by atoms with Gasteiger partial charge < -0.3 is 9.80 Å². The van der Waals surface area contributed by atoms with Crippen molar-refractivity contribution in [1.29, 1.82) is 0 Å². The van der Waals surface area contributed by atoms with E-state index in [0.717, 1.165) is 51.2 Å². The van der Waals surface area contributed by atoms with Crippen molar-refractivity contribution in [2.45, 2.75) is 25.7 Å². The van der Waals surface area contributed by atoms with Crippen LogP contribution in [0.5, 0.6) is 0 Å². The molecule has 26 heavy (non-hydrogen) atoms. The molecule has 2 aliphatic heterocycles. The molecular formula is C19H26N4O2S. The summed E-state index contributed by atoms with van der Waals surface area (Å²) in [6.07, 6.45) is 10.6. The van der Waals surface area contributed by atoms with E-state index in [9.17, 15) is 9.59 Å². The molecule has 3 aliphatic rings. The first-order valence-corrected chi connectivity index (χ1v) is 9.72. The molecule has 0 aromatic heterocycles. The van der Waals surface area contributed by atoms with Crippen LogP contribution in [0.15, 0.2) is 29.3 Å². The molecule has 0 aromatic carbocycles. The van der Waals surface area contributed by atoms with E-state index in [4.69, 9.17) is 12.2 Å². The maximum atomic E-state index is 12.6. The van der Waals surface area contributed by atoms with Crippen molar-refractivity contribution in [1.82, 2.24) is 14.7 Å². The topological polar surface area (TPSA) is 56.2 Å². The zero-order valence-electron chi connectivity index (χ0n) is 15.3. The summed E-state index contributed by atoms with van der Waals surface area (Å²) < 4.78 is 0. The van der Waals surface area contributed by atoms with E-state index in [2.05, 4.69) is 16.9 Å². The molecule has 140 valence electrons. The number of hydrogen-bond donors (Lipinski definition) is 0. The van der Waals surface area contributed by atoms with Gasteiger partial charge in [0.05, 0.1) is 11.6 Å². The highest BCUT2D eigenvalue weighted by Crippen LogP contribution is 2.20. The predicted molar refractivity (Wildman–Crippen MR) is 106 cm³/mol. The molecule has 6 nitrogen and oxygen atoms in total. The van der Waals surface area contributed by atoms with Gasteiger partial charge in [-0.1, -0.05) is 24.6 Å². The largest absolute Gasteiger partial charge is 0.340 e. The van der Waals surface area contributed by atoms with E-state index in [0.29, 0.717) is 18.1 Å². The number of likely N-dealkylation sites (N-methyl/N-ethyl adjacent to an activating group) is 1. The van der Waals surface area contributed by atoms with Crippen LogP contribution < -0.4 is 0 Å². The van der Waals surface area contributed by atoms with Crippen LogP contribution in [0, 0.1) is 5.92 Å². The van der Waals surface area contributed by atoms with Gasteiger partial charge in [0.15, 0.2) is 0 Å². The third-order valence-corrected chi connectivity index (χ3v) is 5.43. The fraction of sp³-hybridized carbons (Fsp3) is 0.579. The average Bonchev–Trinajstić information content (AvgIpc) is 2.64. The molecule has 1 unspecified atom stereocenters. The number of carbonyl (C=O) groups excluding carboxylic acids is 2. The van der Waals surface area contributed by atoms with E-state index < -0.39 is 0 Å². The standard InChI is InChI=1S/C19H26N4O2S/c1-21-11-13-22(14-12-21)17(24)9-3-2-6-10-23-18(25)15-7-4-5-8-16(15)20-19(23)26/h4-5,7-8,15H,2-3,6,9-14H2,1H3. The van der Waals surface area contributed by atoms with Gasteiger partial charge in [-0.25, -0.2) is 4.99 Å². The third-order valence-electron chi connectivity index (χ3n) is 5.12. The van der Waals surface area contributed by atoms with Crippen LogP contribution >= 0.6 is 12.2 Å². The van der Waals surface area contributed by atoms with Crippen LogP contribution in [0.2, 0.25) is 0 Å². The summed E-state index contributed by atoms with van der Waals surface area (Å²) in [5.41, 5.74) is 0.733. The Labute approximate surface area is 160 Å². The Morgan fingerprint density at radius 1 is 1.19 bits per heavy atom. The van der Waals surface area contributed by atoms with Gasteiger partial charge >= 0.3 is 0 Å². The molecule has 1 aliphatic carbocycles. The van der Waals surface area contributed by atoms with Crippen LogP contribution in [0.1, 0.15) is 25.7 Å². The van der Waals surface area contributed by atoms with Crippen molar-refractivity contribution >= 4 is 34.9 Å². The summed E-state index contributed by atoms with van der Waals surface area (Å²) in [4.78, 5) is 35.0. The minimum Gasteiger partial charge on any atom is -0.340 e. The molecule has 0 bridgehead atoms. The average molecular weight is 375 g/mol. The molecular weight excluding hydrogens is 348 g/mol. The fourth-order valence-electron chi connectivity index (χ4n) is 3.42. The smallest absolute Gasteiger partial charge is 0.241 e. The normalized spacial score (nSPS) is 23.3. The minimum absolute atomic E-state index is 0.00844. The quantitative estimate of drug-likeness (QED) is 0.524. The predicted octanol–water partition coefficient (Wildman–Crippen LogP) is 1.63. The van der Waals surface area contributed by atoms with Crippen molar-refractivity contribution in [3.63, 3.8) is 0 Å². The van der Waals surface area contributed by atoms with Crippen LogP contribution in [-0.4, -0.2) is 77.1 Å². The molecule has 0 N–H and O–H groups in total. The molecule has 1 atom stereocenters. The number of aliphatic imine (C=N–C) groups is 1. The molecule has 0 aromatic rings. The van der Waals surface area contributed by atoms with Crippen molar-refractivity contribution in [2.75, 3.05) is 39.8 Å². The number of rotatable bonds is 6. The molecule has 2 amide bonds. The second-order valence-electron chi connectivity index (χ2n) is 7.03. The Morgan fingerprint density at radius 2 is 1.96 bits per heavy atom. The van der Waals surface area contributed by atoms with Crippen molar-refractivity contribution < 1.29 is 9.59 Å². The van der Waals surface area contributed by atoms with Gasteiger partial charge in [0.1, 0.15) is 0 Å². The lowest BCUT2D eigenvalue weighted by Crippen LogP contribution is -2.47. The van der Waals surface area contributed by atoms with Gasteiger partial charge in [-0.05, 0) is 38.2 Å². The van der Waals surface area contributed by atoms with E-state index in [-0.39, 0.29) is 17.7 Å². The summed E-state index contributed by atoms with van der Waals surface area (Å²) in [6, 6.07) is 0. The molecule has 3 rings (SSSR count). The van der Waals surface area contributed by atoms with Crippen LogP contribution in [-0.2, 0) is 9.59 Å². The lowest BCUT2D eigenvalue weighted by atomic mass is 9.95. The summed E-state index contributed by atoms with van der Waals surface area (Å²) in [6.45, 7) is 4.14. The zero-order valence-corrected chi connectivity index (χ0v) is 16.1. The number of thiocarbonyl (C=S) groups is 1. The highest BCUT2D eigenvalue weighted by atomic mass is 32.1. The van der Waals surface area contributed by atoms with Crippen LogP contribution in [0.3, 0.4) is 0 Å². The van der Waals surface area contributed by atoms with Crippen molar-refractivity contribution in [2.24, 2.45) is 10.9 Å². The maximum Gasteiger partial charge on any atom is 0.241 e. The molecule has 1 saturated heterocycles. The molecule has 0 radical (unpaired) electrons. The first-order chi connectivity index (χ1) is 12.6. The SMILES string of the molecule is CN1CCN(C(=O)CCCCCN2C(=O)C3C=CC=CC3=NC2=S)CC1. The Balaban J connectivity index is 1.38. The van der Waals surface area contributed by atoms with Gasteiger partial charge in [-0.3, -0.25) is 14.5 Å². The summed E-state index contributed by atoms with van der Waals surface area (Å²) in [5, 5.41) is 0.356. The molecule has 2 heterocycles. The molecule has 7 heteroatoms. The Bertz CT molecular complexity index is 662. The highest BCUT2D eigenvalue weighted by molar-refractivity contribution is 7.80. The van der Waals surface area contributed by atoms with Crippen LogP contribution in [0.4, 0.5) is 0 Å². The lowest BCUT2D eigenvalue weighted by molar-refractivity contribution is -0.133. The molecule has 0 saturated carbocycles. The van der Waals surface area contributed by atoms with E-state index in [1.54, 1.807) is 4.90 Å². The summed E-state index contributed by atoms with van der Waals surface area (Å²) in [5.74, 6) is -0.0457. The lowest BCUT2D eigenvalue weighted by Gasteiger charge is -2.32. The second-order valence-corrected chi connectivity index (χ2v) is 7.39. The van der Waals surface area contributed by atoms with E-state index in [1.165, 1.54) is 0 Å².